The molecule has 2 aromatic carbocycles. The summed E-state index contributed by atoms with van der Waals surface area (Å²) in [6, 6.07) is 17.8. The van der Waals surface area contributed by atoms with E-state index in [1.807, 2.05) is 61.5 Å². The van der Waals surface area contributed by atoms with Crippen molar-refractivity contribution in [3.8, 4) is 0 Å². The molecule has 1 aliphatic heterocycles. The maximum absolute atomic E-state index is 13.0. The zero-order chi connectivity index (χ0) is 22.3. The highest BCUT2D eigenvalue weighted by Gasteiger charge is 2.40. The number of hydrogen-bond donors (Lipinski definition) is 2. The maximum Gasteiger partial charge on any atom is 0.336 e. The first kappa shape index (κ1) is 23.0. The third-order valence-electron chi connectivity index (χ3n) is 6.09. The molecule has 5 heteroatoms. The van der Waals surface area contributed by atoms with Crippen molar-refractivity contribution in [1.29, 1.82) is 0 Å². The monoisotopic (exact) mass is 423 g/mol. The smallest absolute Gasteiger partial charge is 0.336 e. The fraction of sp³-hybridized carbons (Fsp3) is 0.423. The fourth-order valence-electron chi connectivity index (χ4n) is 4.32. The zero-order valence-corrected chi connectivity index (χ0v) is 18.5. The van der Waals surface area contributed by atoms with Crippen molar-refractivity contribution >= 4 is 11.7 Å². The Balaban J connectivity index is 2.01. The summed E-state index contributed by atoms with van der Waals surface area (Å²) >= 11 is 0. The number of ether oxygens (including phenoxy) is 1. The van der Waals surface area contributed by atoms with E-state index in [2.05, 4.69) is 11.8 Å². The Hall–Kier alpha value is -2.63. The molecule has 1 heterocycles. The molecule has 3 rings (SSSR count). The molecule has 2 N–H and O–H groups in total. The fourth-order valence-corrected chi connectivity index (χ4v) is 4.32. The third kappa shape index (κ3) is 5.17. The number of hydrogen-bond acceptors (Lipinski definition) is 5. The first-order valence-electron chi connectivity index (χ1n) is 11.1. The van der Waals surface area contributed by atoms with Crippen LogP contribution in [0, 0.1) is 5.41 Å². The van der Waals surface area contributed by atoms with Crippen LogP contribution in [0.1, 0.15) is 44.2 Å². The normalized spacial score (nSPS) is 16.1. The molecule has 0 radical (unpaired) electrons. The minimum absolute atomic E-state index is 0.0275. The van der Waals surface area contributed by atoms with Crippen molar-refractivity contribution in [1.82, 2.24) is 0 Å². The average Bonchev–Trinajstić information content (AvgIpc) is 2.81. The number of benzene rings is 2. The van der Waals surface area contributed by atoms with E-state index in [1.54, 1.807) is 0 Å². The Morgan fingerprint density at radius 2 is 1.71 bits per heavy atom. The van der Waals surface area contributed by atoms with E-state index in [0.29, 0.717) is 31.4 Å². The lowest BCUT2D eigenvalue weighted by molar-refractivity contribution is -0.142. The number of aliphatic hydroxyl groups is 2. The van der Waals surface area contributed by atoms with Crippen molar-refractivity contribution in [2.45, 2.75) is 46.1 Å². The summed E-state index contributed by atoms with van der Waals surface area (Å²) in [6.07, 6.45) is 2.78. The number of aryl methyl sites for hydroxylation is 1. The van der Waals surface area contributed by atoms with Gasteiger partial charge < -0.3 is 19.8 Å². The summed E-state index contributed by atoms with van der Waals surface area (Å²) in [4.78, 5) is 15.2. The average molecular weight is 424 g/mol. The highest BCUT2D eigenvalue weighted by molar-refractivity contribution is 5.92. The maximum atomic E-state index is 13.0. The van der Waals surface area contributed by atoms with Crippen LogP contribution in [0.3, 0.4) is 0 Å². The number of cyclic esters (lactones) is 1. The van der Waals surface area contributed by atoms with Gasteiger partial charge in [-0.25, -0.2) is 4.79 Å². The summed E-state index contributed by atoms with van der Waals surface area (Å²) in [7, 11) is 0. The first-order chi connectivity index (χ1) is 15.0. The number of para-hydroxylation sites is 1. The number of anilines is 1. The quantitative estimate of drug-likeness (QED) is 0.560. The molecule has 0 aromatic heterocycles. The lowest BCUT2D eigenvalue weighted by Gasteiger charge is -2.38. The predicted molar refractivity (Wildman–Crippen MR) is 123 cm³/mol. The van der Waals surface area contributed by atoms with Crippen LogP contribution in [-0.4, -0.2) is 35.9 Å². The Bertz CT molecular complexity index is 909. The van der Waals surface area contributed by atoms with E-state index in [9.17, 15) is 15.0 Å². The van der Waals surface area contributed by atoms with Gasteiger partial charge in [-0.2, -0.15) is 0 Å². The Labute approximate surface area is 185 Å². The standard InChI is InChI=1S/C26H33NO4/c1-3-16-27(22-11-5-4-6-12-22)23-14-17-31-25(30)24(23)26(2,19-29)15-13-20-9-7-8-10-21(20)18-28/h4-12,28-29H,3,13-19H2,1-2H3. The molecule has 1 aliphatic rings. The van der Waals surface area contributed by atoms with E-state index in [4.69, 9.17) is 4.74 Å². The van der Waals surface area contributed by atoms with Crippen LogP contribution in [0.25, 0.3) is 0 Å². The highest BCUT2D eigenvalue weighted by atomic mass is 16.5. The SMILES string of the molecule is CCCN(C1=C(C(C)(CO)CCc2ccccc2CO)C(=O)OCC1)c1ccccc1. The van der Waals surface area contributed by atoms with Gasteiger partial charge in [0.2, 0.25) is 0 Å². The Kier molecular flexibility index (Phi) is 7.88. The number of nitrogens with zero attached hydrogens (tertiary/aromatic N) is 1. The van der Waals surface area contributed by atoms with Gasteiger partial charge in [0.05, 0.1) is 25.4 Å². The molecular formula is C26H33NO4. The first-order valence-corrected chi connectivity index (χ1v) is 11.1. The van der Waals surface area contributed by atoms with Gasteiger partial charge in [-0.1, -0.05) is 56.3 Å². The summed E-state index contributed by atoms with van der Waals surface area (Å²) in [6.45, 7) is 5.00. The van der Waals surface area contributed by atoms with Gasteiger partial charge in [0.15, 0.2) is 0 Å². The molecule has 1 atom stereocenters. The van der Waals surface area contributed by atoms with Crippen LogP contribution >= 0.6 is 0 Å². The third-order valence-corrected chi connectivity index (χ3v) is 6.09. The largest absolute Gasteiger partial charge is 0.462 e. The van der Waals surface area contributed by atoms with E-state index < -0.39 is 5.41 Å². The van der Waals surface area contributed by atoms with Gasteiger partial charge in [-0.15, -0.1) is 0 Å². The summed E-state index contributed by atoms with van der Waals surface area (Å²) in [5.74, 6) is -0.342. The molecule has 2 aromatic rings. The van der Waals surface area contributed by atoms with Crippen LogP contribution in [0.2, 0.25) is 0 Å². The van der Waals surface area contributed by atoms with Gasteiger partial charge in [-0.05, 0) is 42.5 Å². The highest BCUT2D eigenvalue weighted by Crippen LogP contribution is 2.40. The summed E-state index contributed by atoms with van der Waals surface area (Å²) in [5, 5.41) is 20.1. The van der Waals surface area contributed by atoms with Crippen LogP contribution in [0.4, 0.5) is 5.69 Å². The summed E-state index contributed by atoms with van der Waals surface area (Å²) < 4.78 is 5.46. The van der Waals surface area contributed by atoms with E-state index in [0.717, 1.165) is 35.5 Å². The molecule has 166 valence electrons. The number of aliphatic hydroxyl groups excluding tert-OH is 2. The number of esters is 1. The molecule has 0 saturated heterocycles. The second-order valence-electron chi connectivity index (χ2n) is 8.34. The van der Waals surface area contributed by atoms with Gasteiger partial charge in [0.1, 0.15) is 0 Å². The van der Waals surface area contributed by atoms with Crippen LogP contribution in [-0.2, 0) is 22.6 Å². The number of carbonyl (C=O) groups is 1. The lowest BCUT2D eigenvalue weighted by atomic mass is 9.75. The Morgan fingerprint density at radius 3 is 2.35 bits per heavy atom. The molecule has 1 unspecified atom stereocenters. The predicted octanol–water partition coefficient (Wildman–Crippen LogP) is 4.23. The van der Waals surface area contributed by atoms with Gasteiger partial charge in [0, 0.05) is 29.8 Å². The van der Waals surface area contributed by atoms with Crippen molar-refractivity contribution < 1.29 is 19.7 Å². The second kappa shape index (κ2) is 10.6. The molecule has 0 fully saturated rings. The van der Waals surface area contributed by atoms with Gasteiger partial charge >= 0.3 is 5.97 Å². The number of rotatable bonds is 10. The Morgan fingerprint density at radius 1 is 1.03 bits per heavy atom. The molecule has 5 nitrogen and oxygen atoms in total. The van der Waals surface area contributed by atoms with Crippen molar-refractivity contribution in [2.24, 2.45) is 5.41 Å². The molecule has 0 aliphatic carbocycles. The van der Waals surface area contributed by atoms with Gasteiger partial charge in [-0.3, -0.25) is 0 Å². The molecule has 0 amide bonds. The van der Waals surface area contributed by atoms with E-state index in [1.165, 1.54) is 0 Å². The lowest BCUT2D eigenvalue weighted by Crippen LogP contribution is -2.39. The van der Waals surface area contributed by atoms with E-state index in [-0.39, 0.29) is 19.2 Å². The second-order valence-corrected chi connectivity index (χ2v) is 8.34. The topological polar surface area (TPSA) is 70.0 Å². The van der Waals surface area contributed by atoms with Crippen LogP contribution < -0.4 is 4.90 Å². The molecule has 0 saturated carbocycles. The van der Waals surface area contributed by atoms with E-state index >= 15 is 0 Å². The van der Waals surface area contributed by atoms with Gasteiger partial charge in [0.25, 0.3) is 0 Å². The van der Waals surface area contributed by atoms with Crippen molar-refractivity contribution in [2.75, 3.05) is 24.7 Å². The molecule has 31 heavy (non-hydrogen) atoms. The zero-order valence-electron chi connectivity index (χ0n) is 18.5. The van der Waals surface area contributed by atoms with Crippen LogP contribution in [0.15, 0.2) is 65.9 Å². The minimum Gasteiger partial charge on any atom is -0.462 e. The van der Waals surface area contributed by atoms with Crippen molar-refractivity contribution in [3.63, 3.8) is 0 Å². The van der Waals surface area contributed by atoms with Crippen LogP contribution in [0.5, 0.6) is 0 Å². The van der Waals surface area contributed by atoms with Crippen molar-refractivity contribution in [3.05, 3.63) is 77.0 Å². The number of carbonyl (C=O) groups excluding carboxylic acids is 1. The molecule has 0 bridgehead atoms. The minimum atomic E-state index is -0.754. The molecule has 0 spiro atoms. The molecular weight excluding hydrogens is 390 g/mol. The summed E-state index contributed by atoms with van der Waals surface area (Å²) in [5.41, 5.74) is 3.70.